The lowest BCUT2D eigenvalue weighted by atomic mass is 9.90. The Balaban J connectivity index is 1.23. The average Bonchev–Trinajstić information content (AvgIpc) is 3.14. The molecular formula is C24H27ClN4O2S. The summed E-state index contributed by atoms with van der Waals surface area (Å²) >= 11 is 7.79. The van der Waals surface area contributed by atoms with Crippen molar-refractivity contribution in [1.82, 2.24) is 9.88 Å². The van der Waals surface area contributed by atoms with Crippen LogP contribution in [-0.2, 0) is 16.0 Å². The van der Waals surface area contributed by atoms with Gasteiger partial charge in [-0.25, -0.2) is 4.98 Å². The van der Waals surface area contributed by atoms with Crippen molar-refractivity contribution < 1.29 is 9.59 Å². The molecule has 0 saturated carbocycles. The summed E-state index contributed by atoms with van der Waals surface area (Å²) in [5, 5.41) is 7.47. The molecule has 0 atom stereocenters. The molecule has 6 nitrogen and oxygen atoms in total. The van der Waals surface area contributed by atoms with E-state index >= 15 is 0 Å². The van der Waals surface area contributed by atoms with Crippen LogP contribution in [0.15, 0.2) is 36.4 Å². The van der Waals surface area contributed by atoms with Gasteiger partial charge in [0.15, 0.2) is 0 Å². The first-order chi connectivity index (χ1) is 15.5. The Bertz CT molecular complexity index is 1110. The number of fused-ring (bicyclic) bond motifs is 1. The van der Waals surface area contributed by atoms with Crippen LogP contribution < -0.4 is 10.6 Å². The Hall–Kier alpha value is -2.48. The SMILES string of the molecule is Cc1nc2cc(NC(=O)CN3CCC(CCc4cc(Cl)ccc4NC=O)CC3)ccc2s1. The van der Waals surface area contributed by atoms with E-state index < -0.39 is 0 Å². The molecule has 32 heavy (non-hydrogen) atoms. The van der Waals surface area contributed by atoms with Gasteiger partial charge in [0.25, 0.3) is 0 Å². The third-order valence-electron chi connectivity index (χ3n) is 5.96. The molecule has 0 radical (unpaired) electrons. The predicted octanol–water partition coefficient (Wildman–Crippen LogP) is 5.11. The van der Waals surface area contributed by atoms with Crippen molar-refractivity contribution in [3.63, 3.8) is 0 Å². The molecule has 8 heteroatoms. The van der Waals surface area contributed by atoms with Crippen molar-refractivity contribution in [1.29, 1.82) is 0 Å². The Morgan fingerprint density at radius 3 is 2.84 bits per heavy atom. The zero-order valence-corrected chi connectivity index (χ0v) is 19.6. The molecule has 4 rings (SSSR count). The van der Waals surface area contributed by atoms with E-state index in [1.807, 2.05) is 37.3 Å². The first-order valence-corrected chi connectivity index (χ1v) is 12.1. The van der Waals surface area contributed by atoms with E-state index in [1.54, 1.807) is 17.4 Å². The van der Waals surface area contributed by atoms with Crippen LogP contribution in [0.2, 0.25) is 5.02 Å². The monoisotopic (exact) mass is 470 g/mol. The molecule has 0 unspecified atom stereocenters. The van der Waals surface area contributed by atoms with E-state index in [0.29, 0.717) is 23.9 Å². The number of thiazole rings is 1. The number of rotatable bonds is 8. The van der Waals surface area contributed by atoms with Gasteiger partial charge in [0.1, 0.15) is 0 Å². The molecule has 2 heterocycles. The number of nitrogens with one attached hydrogen (secondary N) is 2. The number of hydrogen-bond acceptors (Lipinski definition) is 5. The highest BCUT2D eigenvalue weighted by atomic mass is 35.5. The third-order valence-corrected chi connectivity index (χ3v) is 7.14. The smallest absolute Gasteiger partial charge is 0.238 e. The summed E-state index contributed by atoms with van der Waals surface area (Å²) in [6, 6.07) is 11.4. The van der Waals surface area contributed by atoms with Gasteiger partial charge in [-0.15, -0.1) is 11.3 Å². The highest BCUT2D eigenvalue weighted by molar-refractivity contribution is 7.18. The van der Waals surface area contributed by atoms with E-state index in [0.717, 1.165) is 70.9 Å². The van der Waals surface area contributed by atoms with Crippen LogP contribution in [0.5, 0.6) is 0 Å². The molecule has 2 aromatic carbocycles. The van der Waals surface area contributed by atoms with E-state index in [4.69, 9.17) is 11.6 Å². The topological polar surface area (TPSA) is 74.3 Å². The van der Waals surface area contributed by atoms with Crippen molar-refractivity contribution in [3.8, 4) is 0 Å². The highest BCUT2D eigenvalue weighted by Crippen LogP contribution is 2.27. The third kappa shape index (κ3) is 5.85. The van der Waals surface area contributed by atoms with Gasteiger partial charge >= 0.3 is 0 Å². The van der Waals surface area contributed by atoms with Gasteiger partial charge in [0.2, 0.25) is 12.3 Å². The number of anilines is 2. The molecule has 1 saturated heterocycles. The summed E-state index contributed by atoms with van der Waals surface area (Å²) in [6.07, 6.45) is 4.75. The Labute approximate surface area is 197 Å². The molecule has 0 aliphatic carbocycles. The summed E-state index contributed by atoms with van der Waals surface area (Å²) in [5.41, 5.74) is 3.62. The Morgan fingerprint density at radius 2 is 2.06 bits per heavy atom. The molecule has 0 bridgehead atoms. The normalized spacial score (nSPS) is 15.1. The van der Waals surface area contributed by atoms with Crippen LogP contribution in [0.4, 0.5) is 11.4 Å². The summed E-state index contributed by atoms with van der Waals surface area (Å²) < 4.78 is 1.13. The van der Waals surface area contributed by atoms with E-state index in [2.05, 4.69) is 20.5 Å². The molecule has 1 fully saturated rings. The van der Waals surface area contributed by atoms with Crippen LogP contribution >= 0.6 is 22.9 Å². The molecule has 2 amide bonds. The molecule has 0 spiro atoms. The number of aryl methyl sites for hydroxylation is 2. The quantitative estimate of drug-likeness (QED) is 0.448. The number of piperidine rings is 1. The second kappa shape index (κ2) is 10.4. The standard InChI is InChI=1S/C24H27ClN4O2S/c1-16-27-22-13-20(5-7-23(22)32-16)28-24(31)14-29-10-8-17(9-11-29)2-3-18-12-19(25)4-6-21(18)26-15-30/h4-7,12-13,15,17H,2-3,8-11,14H2,1H3,(H,26,30)(H,28,31). The van der Waals surface area contributed by atoms with E-state index in [9.17, 15) is 9.59 Å². The van der Waals surface area contributed by atoms with Crippen molar-refractivity contribution in [2.45, 2.75) is 32.6 Å². The largest absolute Gasteiger partial charge is 0.328 e. The number of carbonyl (C=O) groups excluding carboxylic acids is 2. The molecule has 1 aliphatic heterocycles. The molecule has 3 aromatic rings. The van der Waals surface area contributed by atoms with E-state index in [1.165, 1.54) is 0 Å². The van der Waals surface area contributed by atoms with Crippen molar-refractivity contribution >= 4 is 56.8 Å². The first kappa shape index (κ1) is 22.7. The number of carbonyl (C=O) groups is 2. The minimum absolute atomic E-state index is 0.0123. The van der Waals surface area contributed by atoms with Crippen LogP contribution in [-0.4, -0.2) is 41.8 Å². The zero-order chi connectivity index (χ0) is 22.5. The summed E-state index contributed by atoms with van der Waals surface area (Å²) in [6.45, 7) is 4.22. The van der Waals surface area contributed by atoms with Crippen molar-refractivity contribution in [2.24, 2.45) is 5.92 Å². The van der Waals surface area contributed by atoms with Gasteiger partial charge in [-0.05, 0) is 93.6 Å². The zero-order valence-electron chi connectivity index (χ0n) is 18.1. The minimum atomic E-state index is 0.0123. The van der Waals surface area contributed by atoms with Gasteiger partial charge in [0.05, 0.1) is 21.8 Å². The fraction of sp³-hybridized carbons (Fsp3) is 0.375. The summed E-state index contributed by atoms with van der Waals surface area (Å²) in [7, 11) is 0. The maximum Gasteiger partial charge on any atom is 0.238 e. The van der Waals surface area contributed by atoms with E-state index in [-0.39, 0.29) is 5.91 Å². The minimum Gasteiger partial charge on any atom is -0.328 e. The highest BCUT2D eigenvalue weighted by Gasteiger charge is 2.21. The van der Waals surface area contributed by atoms with Crippen LogP contribution in [0, 0.1) is 12.8 Å². The first-order valence-electron chi connectivity index (χ1n) is 10.9. The Kier molecular flexibility index (Phi) is 7.40. The summed E-state index contributed by atoms with van der Waals surface area (Å²) in [4.78, 5) is 30.1. The maximum absolute atomic E-state index is 12.5. The van der Waals surface area contributed by atoms with Crippen molar-refractivity contribution in [3.05, 3.63) is 52.0 Å². The maximum atomic E-state index is 12.5. The van der Waals surface area contributed by atoms with Gasteiger partial charge in [0, 0.05) is 16.4 Å². The van der Waals surface area contributed by atoms with Gasteiger partial charge < -0.3 is 10.6 Å². The molecule has 168 valence electrons. The second-order valence-electron chi connectivity index (χ2n) is 8.29. The number of hydrogen-bond donors (Lipinski definition) is 2. The number of amides is 2. The van der Waals surface area contributed by atoms with Crippen LogP contribution in [0.25, 0.3) is 10.2 Å². The molecular weight excluding hydrogens is 444 g/mol. The van der Waals surface area contributed by atoms with Gasteiger partial charge in [-0.2, -0.15) is 0 Å². The van der Waals surface area contributed by atoms with Crippen molar-refractivity contribution in [2.75, 3.05) is 30.3 Å². The molecule has 1 aliphatic rings. The number of benzene rings is 2. The van der Waals surface area contributed by atoms with Gasteiger partial charge in [-0.1, -0.05) is 11.6 Å². The Morgan fingerprint density at radius 1 is 1.25 bits per heavy atom. The molecule has 2 N–H and O–H groups in total. The fourth-order valence-corrected chi connectivity index (χ4v) is 5.29. The van der Waals surface area contributed by atoms with Gasteiger partial charge in [-0.3, -0.25) is 14.5 Å². The average molecular weight is 471 g/mol. The second-order valence-corrected chi connectivity index (χ2v) is 9.96. The lowest BCUT2D eigenvalue weighted by Gasteiger charge is -2.31. The lowest BCUT2D eigenvalue weighted by molar-refractivity contribution is -0.117. The number of nitrogens with zero attached hydrogens (tertiary/aromatic N) is 2. The number of aromatic nitrogens is 1. The predicted molar refractivity (Wildman–Crippen MR) is 132 cm³/mol. The molecule has 1 aromatic heterocycles. The number of halogens is 1. The lowest BCUT2D eigenvalue weighted by Crippen LogP contribution is -2.39. The number of likely N-dealkylation sites (tertiary alicyclic amines) is 1. The van der Waals surface area contributed by atoms with Crippen LogP contribution in [0.1, 0.15) is 29.8 Å². The van der Waals surface area contributed by atoms with Crippen LogP contribution in [0.3, 0.4) is 0 Å². The summed E-state index contributed by atoms with van der Waals surface area (Å²) in [5.74, 6) is 0.617. The fourth-order valence-electron chi connectivity index (χ4n) is 4.29.